The van der Waals surface area contributed by atoms with E-state index in [1.54, 1.807) is 7.11 Å². The predicted molar refractivity (Wildman–Crippen MR) is 108 cm³/mol. The first-order valence-electron chi connectivity index (χ1n) is 8.32. The second kappa shape index (κ2) is 9.27. The average Bonchev–Trinajstić information content (AvgIpc) is 2.67. The van der Waals surface area contributed by atoms with Gasteiger partial charge in [0, 0.05) is 22.3 Å². The van der Waals surface area contributed by atoms with Crippen LogP contribution in [0.3, 0.4) is 0 Å². The Kier molecular flexibility index (Phi) is 6.52. The number of hydrazine groups is 1. The van der Waals surface area contributed by atoms with Gasteiger partial charge in [0.25, 0.3) is 0 Å². The maximum Gasteiger partial charge on any atom is 0.125 e. The van der Waals surface area contributed by atoms with Crippen LogP contribution in [-0.4, -0.2) is 7.11 Å². The number of rotatable bonds is 8. The summed E-state index contributed by atoms with van der Waals surface area (Å²) >= 11 is 3.46. The van der Waals surface area contributed by atoms with E-state index in [1.807, 2.05) is 66.7 Å². The summed E-state index contributed by atoms with van der Waals surface area (Å²) in [6.45, 7) is 1.13. The maximum absolute atomic E-state index is 5.90. The van der Waals surface area contributed by atoms with Crippen LogP contribution in [0, 0.1) is 0 Å². The van der Waals surface area contributed by atoms with Gasteiger partial charge in [0.15, 0.2) is 0 Å². The third-order valence-corrected chi connectivity index (χ3v) is 4.33. The molecule has 0 saturated carbocycles. The van der Waals surface area contributed by atoms with Gasteiger partial charge >= 0.3 is 0 Å². The molecule has 0 aliphatic carbocycles. The number of halogens is 1. The monoisotopic (exact) mass is 412 g/mol. The van der Waals surface area contributed by atoms with Crippen molar-refractivity contribution in [2.24, 2.45) is 0 Å². The topological polar surface area (TPSA) is 42.5 Å². The number of hydrogen-bond donors (Lipinski definition) is 2. The Morgan fingerprint density at radius 2 is 1.77 bits per heavy atom. The lowest BCUT2D eigenvalue weighted by Gasteiger charge is -2.13. The number of para-hydroxylation sites is 1. The molecule has 0 bridgehead atoms. The van der Waals surface area contributed by atoms with Crippen molar-refractivity contribution in [2.75, 3.05) is 12.5 Å². The van der Waals surface area contributed by atoms with Gasteiger partial charge in [-0.05, 0) is 48.0 Å². The van der Waals surface area contributed by atoms with E-state index in [2.05, 4.69) is 32.8 Å². The van der Waals surface area contributed by atoms with Crippen molar-refractivity contribution in [2.45, 2.75) is 13.2 Å². The van der Waals surface area contributed by atoms with Crippen LogP contribution in [0.25, 0.3) is 0 Å². The summed E-state index contributed by atoms with van der Waals surface area (Å²) in [4.78, 5) is 0. The predicted octanol–water partition coefficient (Wildman–Crippen LogP) is 5.15. The number of hydrogen-bond acceptors (Lipinski definition) is 4. The van der Waals surface area contributed by atoms with Crippen molar-refractivity contribution in [1.82, 2.24) is 5.43 Å². The number of methoxy groups -OCH3 is 1. The molecule has 26 heavy (non-hydrogen) atoms. The summed E-state index contributed by atoms with van der Waals surface area (Å²) in [6, 6.07) is 23.9. The van der Waals surface area contributed by atoms with E-state index in [9.17, 15) is 0 Å². The van der Waals surface area contributed by atoms with Crippen molar-refractivity contribution < 1.29 is 9.47 Å². The molecule has 0 unspecified atom stereocenters. The molecular formula is C21H21BrN2O2. The Balaban J connectivity index is 1.62. The van der Waals surface area contributed by atoms with Gasteiger partial charge in [-0.3, -0.25) is 0 Å². The van der Waals surface area contributed by atoms with Crippen LogP contribution in [0.15, 0.2) is 77.3 Å². The van der Waals surface area contributed by atoms with Crippen LogP contribution >= 0.6 is 15.9 Å². The van der Waals surface area contributed by atoms with E-state index < -0.39 is 0 Å². The summed E-state index contributed by atoms with van der Waals surface area (Å²) in [5, 5.41) is 0. The quantitative estimate of drug-likeness (QED) is 0.501. The molecule has 0 radical (unpaired) electrons. The second-order valence-corrected chi connectivity index (χ2v) is 6.65. The smallest absolute Gasteiger partial charge is 0.125 e. The molecule has 3 aromatic carbocycles. The molecule has 0 fully saturated rings. The fourth-order valence-corrected chi connectivity index (χ4v) is 2.92. The van der Waals surface area contributed by atoms with E-state index in [0.29, 0.717) is 13.2 Å². The highest BCUT2D eigenvalue weighted by atomic mass is 79.9. The van der Waals surface area contributed by atoms with Gasteiger partial charge < -0.3 is 14.9 Å². The van der Waals surface area contributed by atoms with Gasteiger partial charge in [0.2, 0.25) is 0 Å². The van der Waals surface area contributed by atoms with Crippen LogP contribution in [0.2, 0.25) is 0 Å². The Bertz CT molecular complexity index is 840. The largest absolute Gasteiger partial charge is 0.496 e. The van der Waals surface area contributed by atoms with Gasteiger partial charge in [-0.15, -0.1) is 0 Å². The molecule has 0 saturated heterocycles. The lowest BCUT2D eigenvalue weighted by atomic mass is 10.1. The third kappa shape index (κ3) is 5.25. The fourth-order valence-electron chi connectivity index (χ4n) is 2.54. The Morgan fingerprint density at radius 3 is 2.54 bits per heavy atom. The third-order valence-electron chi connectivity index (χ3n) is 3.83. The molecule has 2 N–H and O–H groups in total. The average molecular weight is 413 g/mol. The highest BCUT2D eigenvalue weighted by Crippen LogP contribution is 2.24. The molecule has 0 atom stereocenters. The van der Waals surface area contributed by atoms with E-state index >= 15 is 0 Å². The highest BCUT2D eigenvalue weighted by molar-refractivity contribution is 9.10. The molecule has 5 heteroatoms. The summed E-state index contributed by atoms with van der Waals surface area (Å²) in [5.41, 5.74) is 9.59. The first-order valence-corrected chi connectivity index (χ1v) is 9.12. The number of anilines is 1. The molecule has 0 spiro atoms. The van der Waals surface area contributed by atoms with Gasteiger partial charge in [-0.25, -0.2) is 5.43 Å². The van der Waals surface area contributed by atoms with Crippen LogP contribution in [0.1, 0.15) is 11.1 Å². The van der Waals surface area contributed by atoms with Gasteiger partial charge in [-0.2, -0.15) is 0 Å². The zero-order chi connectivity index (χ0) is 18.2. The number of ether oxygens (including phenoxy) is 2. The number of benzene rings is 3. The Morgan fingerprint density at radius 1 is 0.923 bits per heavy atom. The van der Waals surface area contributed by atoms with Crippen molar-refractivity contribution in [3.05, 3.63) is 88.4 Å². The van der Waals surface area contributed by atoms with Crippen LogP contribution in [0.4, 0.5) is 5.69 Å². The van der Waals surface area contributed by atoms with Gasteiger partial charge in [-0.1, -0.05) is 46.3 Å². The molecule has 0 amide bonds. The minimum Gasteiger partial charge on any atom is -0.496 e. The molecule has 0 aliphatic rings. The molecular weight excluding hydrogens is 392 g/mol. The van der Waals surface area contributed by atoms with Crippen LogP contribution in [0.5, 0.6) is 11.5 Å². The standard InChI is InChI=1S/C21H21BrN2O2/c1-25-21-11-10-16(14-23-24-19-7-3-2-4-8-19)12-17(21)15-26-20-9-5-6-18(22)13-20/h2-13,23-24H,14-15H2,1H3. The maximum atomic E-state index is 5.90. The van der Waals surface area contributed by atoms with Crippen molar-refractivity contribution in [3.63, 3.8) is 0 Å². The highest BCUT2D eigenvalue weighted by Gasteiger charge is 2.06. The van der Waals surface area contributed by atoms with Gasteiger partial charge in [0.1, 0.15) is 18.1 Å². The molecule has 3 aromatic rings. The first kappa shape index (κ1) is 18.3. The molecule has 134 valence electrons. The Hall–Kier alpha value is -2.50. The summed E-state index contributed by atoms with van der Waals surface area (Å²) in [7, 11) is 1.67. The zero-order valence-corrected chi connectivity index (χ0v) is 16.1. The first-order chi connectivity index (χ1) is 12.7. The van der Waals surface area contributed by atoms with E-state index in [0.717, 1.165) is 32.8 Å². The number of nitrogens with one attached hydrogen (secondary N) is 2. The second-order valence-electron chi connectivity index (χ2n) is 5.74. The molecule has 0 heterocycles. The Labute approximate surface area is 162 Å². The van der Waals surface area contributed by atoms with Crippen molar-refractivity contribution in [1.29, 1.82) is 0 Å². The lowest BCUT2D eigenvalue weighted by molar-refractivity contribution is 0.296. The molecule has 0 aromatic heterocycles. The minimum absolute atomic E-state index is 0.444. The molecule has 4 nitrogen and oxygen atoms in total. The van der Waals surface area contributed by atoms with E-state index in [1.165, 1.54) is 0 Å². The molecule has 3 rings (SSSR count). The summed E-state index contributed by atoms with van der Waals surface area (Å²) in [5.74, 6) is 1.63. The minimum atomic E-state index is 0.444. The normalized spacial score (nSPS) is 10.4. The summed E-state index contributed by atoms with van der Waals surface area (Å²) < 4.78 is 12.4. The lowest BCUT2D eigenvalue weighted by Crippen LogP contribution is -2.20. The van der Waals surface area contributed by atoms with Gasteiger partial charge in [0.05, 0.1) is 7.11 Å². The van der Waals surface area contributed by atoms with Crippen molar-refractivity contribution in [3.8, 4) is 11.5 Å². The van der Waals surface area contributed by atoms with Crippen LogP contribution in [-0.2, 0) is 13.2 Å². The van der Waals surface area contributed by atoms with E-state index in [-0.39, 0.29) is 0 Å². The SMILES string of the molecule is COc1ccc(CNNc2ccccc2)cc1COc1cccc(Br)c1. The molecule has 0 aliphatic heterocycles. The fraction of sp³-hybridized carbons (Fsp3) is 0.143. The zero-order valence-electron chi connectivity index (χ0n) is 14.5. The van der Waals surface area contributed by atoms with Crippen LogP contribution < -0.4 is 20.3 Å². The van der Waals surface area contributed by atoms with Crippen molar-refractivity contribution >= 4 is 21.6 Å². The van der Waals surface area contributed by atoms with E-state index in [4.69, 9.17) is 9.47 Å². The summed E-state index contributed by atoms with van der Waals surface area (Å²) in [6.07, 6.45) is 0.